The molecule has 0 spiro atoms. The van der Waals surface area contributed by atoms with Crippen LogP contribution in [0.5, 0.6) is 0 Å². The Bertz CT molecular complexity index is 603. The molecule has 1 heterocycles. The first-order valence-corrected chi connectivity index (χ1v) is 6.11. The second kappa shape index (κ2) is 5.61. The molecule has 7 nitrogen and oxygen atoms in total. The van der Waals surface area contributed by atoms with Gasteiger partial charge in [-0.1, -0.05) is 28.1 Å². The van der Waals surface area contributed by atoms with Crippen molar-refractivity contribution in [3.05, 3.63) is 50.6 Å². The summed E-state index contributed by atoms with van der Waals surface area (Å²) in [6.07, 6.45) is 1.09. The van der Waals surface area contributed by atoms with Gasteiger partial charge in [-0.15, -0.1) is 0 Å². The van der Waals surface area contributed by atoms with Crippen molar-refractivity contribution in [2.75, 3.05) is 11.1 Å². The standard InChI is InChI=1S/C11H10BrN5O2/c12-8-3-1-7(2-4-8)5-14-10-9(17(18)19)6-15-11(13)16-10/h1-4,6H,5H2,(H3,13,14,15,16). The number of hydrogen-bond donors (Lipinski definition) is 2. The summed E-state index contributed by atoms with van der Waals surface area (Å²) >= 11 is 3.33. The number of nitrogens with zero attached hydrogens (tertiary/aromatic N) is 3. The second-order valence-electron chi connectivity index (χ2n) is 3.70. The molecule has 2 rings (SSSR count). The van der Waals surface area contributed by atoms with E-state index >= 15 is 0 Å². The fraction of sp³-hybridized carbons (Fsp3) is 0.0909. The number of benzene rings is 1. The number of nitro groups is 1. The molecule has 0 atom stereocenters. The zero-order chi connectivity index (χ0) is 13.8. The van der Waals surface area contributed by atoms with Crippen LogP contribution in [0.15, 0.2) is 34.9 Å². The minimum Gasteiger partial charge on any atom is -0.368 e. The molecular weight excluding hydrogens is 314 g/mol. The van der Waals surface area contributed by atoms with Gasteiger partial charge in [-0.25, -0.2) is 4.98 Å². The molecule has 0 fully saturated rings. The smallest absolute Gasteiger partial charge is 0.329 e. The van der Waals surface area contributed by atoms with Gasteiger partial charge in [0.15, 0.2) is 0 Å². The van der Waals surface area contributed by atoms with E-state index < -0.39 is 4.92 Å². The van der Waals surface area contributed by atoms with E-state index in [1.165, 1.54) is 0 Å². The van der Waals surface area contributed by atoms with Gasteiger partial charge in [0.25, 0.3) is 0 Å². The van der Waals surface area contributed by atoms with Gasteiger partial charge in [-0.05, 0) is 17.7 Å². The fourth-order valence-electron chi connectivity index (χ4n) is 1.44. The van der Waals surface area contributed by atoms with Crippen LogP contribution in [0.3, 0.4) is 0 Å². The van der Waals surface area contributed by atoms with Crippen LogP contribution in [-0.2, 0) is 6.54 Å². The highest BCUT2D eigenvalue weighted by molar-refractivity contribution is 9.10. The van der Waals surface area contributed by atoms with Crippen molar-refractivity contribution >= 4 is 33.4 Å². The van der Waals surface area contributed by atoms with Crippen molar-refractivity contribution in [2.45, 2.75) is 6.54 Å². The number of anilines is 2. The molecule has 1 aromatic carbocycles. The summed E-state index contributed by atoms with van der Waals surface area (Å²) in [7, 11) is 0. The maximum Gasteiger partial charge on any atom is 0.329 e. The Morgan fingerprint density at radius 2 is 2.05 bits per heavy atom. The first kappa shape index (κ1) is 13.2. The van der Waals surface area contributed by atoms with Gasteiger partial charge in [0.2, 0.25) is 11.8 Å². The van der Waals surface area contributed by atoms with Crippen molar-refractivity contribution in [3.63, 3.8) is 0 Å². The van der Waals surface area contributed by atoms with Crippen LogP contribution in [-0.4, -0.2) is 14.9 Å². The summed E-state index contributed by atoms with van der Waals surface area (Å²) in [4.78, 5) is 17.7. The summed E-state index contributed by atoms with van der Waals surface area (Å²) in [5.41, 5.74) is 6.19. The molecule has 0 saturated carbocycles. The Morgan fingerprint density at radius 1 is 1.37 bits per heavy atom. The van der Waals surface area contributed by atoms with Gasteiger partial charge in [-0.3, -0.25) is 10.1 Å². The molecule has 0 aliphatic heterocycles. The normalized spacial score (nSPS) is 10.2. The average Bonchev–Trinajstić information content (AvgIpc) is 2.38. The monoisotopic (exact) mass is 323 g/mol. The number of rotatable bonds is 4. The second-order valence-corrected chi connectivity index (χ2v) is 4.61. The molecule has 98 valence electrons. The molecule has 0 unspecified atom stereocenters. The fourth-order valence-corrected chi connectivity index (χ4v) is 1.71. The number of nitrogen functional groups attached to an aromatic ring is 1. The molecule has 19 heavy (non-hydrogen) atoms. The summed E-state index contributed by atoms with van der Waals surface area (Å²) in [5.74, 6) is 0.101. The van der Waals surface area contributed by atoms with Gasteiger partial charge >= 0.3 is 5.69 Å². The maximum atomic E-state index is 10.8. The Kier molecular flexibility index (Phi) is 3.91. The Morgan fingerprint density at radius 3 is 2.68 bits per heavy atom. The Hall–Kier alpha value is -2.22. The molecule has 0 bridgehead atoms. The highest BCUT2D eigenvalue weighted by Crippen LogP contribution is 2.22. The van der Waals surface area contributed by atoms with Crippen LogP contribution >= 0.6 is 15.9 Å². The molecule has 3 N–H and O–H groups in total. The third kappa shape index (κ3) is 3.38. The van der Waals surface area contributed by atoms with Gasteiger partial charge in [-0.2, -0.15) is 4.98 Å². The number of hydrogen-bond acceptors (Lipinski definition) is 6. The van der Waals surface area contributed by atoms with E-state index in [-0.39, 0.29) is 17.5 Å². The van der Waals surface area contributed by atoms with Gasteiger partial charge in [0.05, 0.1) is 4.92 Å². The van der Waals surface area contributed by atoms with Gasteiger partial charge < -0.3 is 11.1 Å². The Labute approximate surface area is 117 Å². The molecule has 0 radical (unpaired) electrons. The SMILES string of the molecule is Nc1ncc([N+](=O)[O-])c(NCc2ccc(Br)cc2)n1. The topological polar surface area (TPSA) is 107 Å². The van der Waals surface area contributed by atoms with Crippen molar-refractivity contribution in [1.82, 2.24) is 9.97 Å². The average molecular weight is 324 g/mol. The predicted octanol–water partition coefficient (Wildman–Crippen LogP) is 2.34. The van der Waals surface area contributed by atoms with Crippen LogP contribution in [0.4, 0.5) is 17.5 Å². The first-order valence-electron chi connectivity index (χ1n) is 5.31. The van der Waals surface area contributed by atoms with Gasteiger partial charge in [0.1, 0.15) is 6.20 Å². The lowest BCUT2D eigenvalue weighted by Crippen LogP contribution is -2.07. The van der Waals surface area contributed by atoms with Crippen LogP contribution < -0.4 is 11.1 Å². The van der Waals surface area contributed by atoms with E-state index in [0.717, 1.165) is 16.2 Å². The minimum atomic E-state index is -0.552. The molecule has 0 saturated heterocycles. The van der Waals surface area contributed by atoms with E-state index in [0.29, 0.717) is 6.54 Å². The number of halogens is 1. The van der Waals surface area contributed by atoms with Crippen LogP contribution in [0.1, 0.15) is 5.56 Å². The lowest BCUT2D eigenvalue weighted by Gasteiger charge is -2.06. The van der Waals surface area contributed by atoms with Crippen molar-refractivity contribution in [2.24, 2.45) is 0 Å². The van der Waals surface area contributed by atoms with E-state index in [1.807, 2.05) is 24.3 Å². The quantitative estimate of drug-likeness (QED) is 0.660. The number of aromatic nitrogens is 2. The first-order chi connectivity index (χ1) is 9.06. The summed E-state index contributed by atoms with van der Waals surface area (Å²) in [6.45, 7) is 0.407. The van der Waals surface area contributed by atoms with E-state index in [4.69, 9.17) is 5.73 Å². The zero-order valence-corrected chi connectivity index (χ0v) is 11.3. The predicted molar refractivity (Wildman–Crippen MR) is 74.6 cm³/mol. The number of nitrogens with one attached hydrogen (secondary N) is 1. The molecule has 1 aromatic heterocycles. The largest absolute Gasteiger partial charge is 0.368 e. The highest BCUT2D eigenvalue weighted by Gasteiger charge is 2.16. The summed E-state index contributed by atoms with van der Waals surface area (Å²) < 4.78 is 0.966. The van der Waals surface area contributed by atoms with Gasteiger partial charge in [0, 0.05) is 11.0 Å². The van der Waals surface area contributed by atoms with Crippen LogP contribution in [0, 0.1) is 10.1 Å². The molecule has 2 aromatic rings. The zero-order valence-electron chi connectivity index (χ0n) is 9.71. The molecule has 0 amide bonds. The third-order valence-corrected chi connectivity index (χ3v) is 2.89. The van der Waals surface area contributed by atoms with E-state index in [1.54, 1.807) is 0 Å². The molecule has 0 aliphatic carbocycles. The lowest BCUT2D eigenvalue weighted by atomic mass is 10.2. The molecule has 8 heteroatoms. The maximum absolute atomic E-state index is 10.8. The third-order valence-electron chi connectivity index (χ3n) is 2.36. The van der Waals surface area contributed by atoms with Crippen molar-refractivity contribution in [3.8, 4) is 0 Å². The summed E-state index contributed by atoms with van der Waals surface area (Å²) in [6, 6.07) is 7.57. The lowest BCUT2D eigenvalue weighted by molar-refractivity contribution is -0.384. The highest BCUT2D eigenvalue weighted by atomic mass is 79.9. The van der Waals surface area contributed by atoms with Crippen LogP contribution in [0.25, 0.3) is 0 Å². The molecule has 0 aliphatic rings. The van der Waals surface area contributed by atoms with Crippen molar-refractivity contribution < 1.29 is 4.92 Å². The van der Waals surface area contributed by atoms with E-state index in [9.17, 15) is 10.1 Å². The number of nitrogens with two attached hydrogens (primary N) is 1. The molecular formula is C11H10BrN5O2. The van der Waals surface area contributed by atoms with Crippen LogP contribution in [0.2, 0.25) is 0 Å². The minimum absolute atomic E-state index is 0.0103. The van der Waals surface area contributed by atoms with Crippen molar-refractivity contribution in [1.29, 1.82) is 0 Å². The summed E-state index contributed by atoms with van der Waals surface area (Å²) in [5, 5.41) is 13.7. The Balaban J connectivity index is 2.16. The van der Waals surface area contributed by atoms with E-state index in [2.05, 4.69) is 31.2 Å².